The van der Waals surface area contributed by atoms with Crippen molar-refractivity contribution >= 4 is 35.0 Å². The molecule has 0 aromatic heterocycles. The minimum absolute atomic E-state index is 0.00849. The molecular weight excluding hydrogens is 368 g/mol. The summed E-state index contributed by atoms with van der Waals surface area (Å²) < 4.78 is 0. The second-order valence-electron chi connectivity index (χ2n) is 8.38. The van der Waals surface area contributed by atoms with Gasteiger partial charge >= 0.3 is 0 Å². The molecule has 28 heavy (non-hydrogen) atoms. The fourth-order valence-electron chi connectivity index (χ4n) is 2.67. The predicted octanol–water partition coefficient (Wildman–Crippen LogP) is 5.80. The van der Waals surface area contributed by atoms with Gasteiger partial charge in [0, 0.05) is 22.7 Å². The maximum absolute atomic E-state index is 12.5. The summed E-state index contributed by atoms with van der Waals surface area (Å²) in [5, 5.41) is 5.70. The van der Waals surface area contributed by atoms with Gasteiger partial charge in [-0.05, 0) is 67.6 Å². The van der Waals surface area contributed by atoms with Crippen molar-refractivity contribution in [1.82, 2.24) is 0 Å². The van der Waals surface area contributed by atoms with E-state index in [0.717, 1.165) is 27.4 Å². The van der Waals surface area contributed by atoms with Crippen LogP contribution in [0.15, 0.2) is 47.4 Å². The molecule has 0 aliphatic heterocycles. The van der Waals surface area contributed by atoms with Crippen molar-refractivity contribution in [3.63, 3.8) is 0 Å². The van der Waals surface area contributed by atoms with Crippen molar-refractivity contribution in [1.29, 1.82) is 0 Å². The van der Waals surface area contributed by atoms with Gasteiger partial charge in [-0.3, -0.25) is 9.59 Å². The second kappa shape index (κ2) is 9.28. The summed E-state index contributed by atoms with van der Waals surface area (Å²) in [4.78, 5) is 25.6. The fourth-order valence-corrected chi connectivity index (χ4v) is 3.53. The van der Waals surface area contributed by atoms with Crippen molar-refractivity contribution in [2.75, 3.05) is 10.6 Å². The van der Waals surface area contributed by atoms with E-state index in [2.05, 4.69) is 10.6 Å². The van der Waals surface area contributed by atoms with Gasteiger partial charge in [0.1, 0.15) is 0 Å². The van der Waals surface area contributed by atoms with E-state index in [1.165, 1.54) is 11.8 Å². The van der Waals surface area contributed by atoms with Crippen LogP contribution in [0.3, 0.4) is 0 Å². The molecule has 1 unspecified atom stereocenters. The average molecular weight is 399 g/mol. The van der Waals surface area contributed by atoms with Gasteiger partial charge < -0.3 is 10.6 Å². The largest absolute Gasteiger partial charge is 0.326 e. The summed E-state index contributed by atoms with van der Waals surface area (Å²) in [6.45, 7) is 12.0. The minimum Gasteiger partial charge on any atom is -0.326 e. The van der Waals surface area contributed by atoms with E-state index in [0.29, 0.717) is 6.42 Å². The van der Waals surface area contributed by atoms with Crippen LogP contribution in [0.4, 0.5) is 11.4 Å². The van der Waals surface area contributed by atoms with Crippen LogP contribution >= 0.6 is 11.8 Å². The van der Waals surface area contributed by atoms with Crippen LogP contribution in [0.5, 0.6) is 0 Å². The number of amides is 2. The maximum atomic E-state index is 12.5. The summed E-state index contributed by atoms with van der Waals surface area (Å²) >= 11 is 1.49. The summed E-state index contributed by atoms with van der Waals surface area (Å²) in [5.74, 6) is -0.0181. The van der Waals surface area contributed by atoms with E-state index in [4.69, 9.17) is 0 Å². The monoisotopic (exact) mass is 398 g/mol. The number of aryl methyl sites for hydroxylation is 2. The van der Waals surface area contributed by atoms with Gasteiger partial charge in [-0.1, -0.05) is 32.9 Å². The van der Waals surface area contributed by atoms with Crippen LogP contribution < -0.4 is 10.6 Å². The van der Waals surface area contributed by atoms with Gasteiger partial charge in [0.05, 0.1) is 5.25 Å². The predicted molar refractivity (Wildman–Crippen MR) is 119 cm³/mol. The number of nitrogens with one attached hydrogen (secondary N) is 2. The lowest BCUT2D eigenvalue weighted by Gasteiger charge is -2.17. The van der Waals surface area contributed by atoms with E-state index in [1.807, 2.05) is 84.0 Å². The first kappa shape index (κ1) is 22.0. The summed E-state index contributed by atoms with van der Waals surface area (Å²) in [7, 11) is 0. The molecule has 4 nitrogen and oxygen atoms in total. The van der Waals surface area contributed by atoms with Crippen molar-refractivity contribution in [2.45, 2.75) is 58.1 Å². The fraction of sp³-hybridized carbons (Fsp3) is 0.391. The zero-order valence-corrected chi connectivity index (χ0v) is 18.4. The molecule has 2 N–H and O–H groups in total. The second-order valence-corrected chi connectivity index (χ2v) is 9.79. The quantitative estimate of drug-likeness (QED) is 0.605. The van der Waals surface area contributed by atoms with Gasteiger partial charge in [-0.2, -0.15) is 0 Å². The Bertz CT molecular complexity index is 839. The van der Waals surface area contributed by atoms with Crippen molar-refractivity contribution in [3.8, 4) is 0 Å². The lowest BCUT2D eigenvalue weighted by molar-refractivity contribution is -0.118. The molecule has 0 fully saturated rings. The van der Waals surface area contributed by atoms with Crippen LogP contribution in [0.2, 0.25) is 0 Å². The Morgan fingerprint density at radius 1 is 1.00 bits per heavy atom. The SMILES string of the molecule is Cc1ccc(C)c(NC(=O)C(C)Sc2ccc(NC(=O)CC(C)(C)C)cc2)c1. The molecule has 5 heteroatoms. The lowest BCUT2D eigenvalue weighted by atomic mass is 9.92. The summed E-state index contributed by atoms with van der Waals surface area (Å²) in [5.41, 5.74) is 3.75. The number of anilines is 2. The Morgan fingerprint density at radius 3 is 2.25 bits per heavy atom. The molecule has 0 spiro atoms. The Hall–Kier alpha value is -2.27. The van der Waals surface area contributed by atoms with Crippen LogP contribution in [-0.2, 0) is 9.59 Å². The lowest BCUT2D eigenvalue weighted by Crippen LogP contribution is -2.22. The van der Waals surface area contributed by atoms with E-state index < -0.39 is 0 Å². The highest BCUT2D eigenvalue weighted by Gasteiger charge is 2.17. The Kier molecular flexibility index (Phi) is 7.30. The van der Waals surface area contributed by atoms with E-state index in [9.17, 15) is 9.59 Å². The highest BCUT2D eigenvalue weighted by atomic mass is 32.2. The van der Waals surface area contributed by atoms with Crippen molar-refractivity contribution in [2.24, 2.45) is 5.41 Å². The van der Waals surface area contributed by atoms with Crippen LogP contribution in [0.1, 0.15) is 45.2 Å². The summed E-state index contributed by atoms with van der Waals surface area (Å²) in [6, 6.07) is 13.6. The molecule has 0 heterocycles. The standard InChI is InChI=1S/C23H30N2O2S/c1-15-7-8-16(2)20(13-15)25-22(27)17(3)28-19-11-9-18(10-12-19)24-21(26)14-23(4,5)6/h7-13,17H,14H2,1-6H3,(H,24,26)(H,25,27). The highest BCUT2D eigenvalue weighted by molar-refractivity contribution is 8.00. The summed E-state index contributed by atoms with van der Waals surface area (Å²) in [6.07, 6.45) is 0.471. The molecule has 0 aliphatic rings. The zero-order valence-electron chi connectivity index (χ0n) is 17.6. The van der Waals surface area contributed by atoms with E-state index in [-0.39, 0.29) is 22.5 Å². The number of hydrogen-bond donors (Lipinski definition) is 2. The molecule has 2 rings (SSSR count). The first-order valence-electron chi connectivity index (χ1n) is 9.48. The zero-order chi connectivity index (χ0) is 20.9. The Balaban J connectivity index is 1.93. The molecule has 2 aromatic carbocycles. The molecular formula is C23H30N2O2S. The van der Waals surface area contributed by atoms with E-state index >= 15 is 0 Å². The van der Waals surface area contributed by atoms with Gasteiger partial charge in [0.15, 0.2) is 0 Å². The maximum Gasteiger partial charge on any atom is 0.237 e. The molecule has 0 aliphatic carbocycles. The topological polar surface area (TPSA) is 58.2 Å². The number of thioether (sulfide) groups is 1. The van der Waals surface area contributed by atoms with E-state index in [1.54, 1.807) is 0 Å². The minimum atomic E-state index is -0.235. The van der Waals surface area contributed by atoms with Crippen LogP contribution in [-0.4, -0.2) is 17.1 Å². The van der Waals surface area contributed by atoms with Crippen LogP contribution in [0, 0.1) is 19.3 Å². The number of benzene rings is 2. The molecule has 2 amide bonds. The number of carbonyl (C=O) groups is 2. The van der Waals surface area contributed by atoms with Gasteiger partial charge in [0.2, 0.25) is 11.8 Å². The number of hydrogen-bond acceptors (Lipinski definition) is 3. The Morgan fingerprint density at radius 2 is 1.64 bits per heavy atom. The molecule has 0 bridgehead atoms. The third-order valence-corrected chi connectivity index (χ3v) is 5.27. The number of carbonyl (C=O) groups excluding carboxylic acids is 2. The molecule has 0 saturated carbocycles. The van der Waals surface area contributed by atoms with Gasteiger partial charge in [-0.25, -0.2) is 0 Å². The van der Waals surface area contributed by atoms with Gasteiger partial charge in [0.25, 0.3) is 0 Å². The van der Waals surface area contributed by atoms with Crippen LogP contribution in [0.25, 0.3) is 0 Å². The van der Waals surface area contributed by atoms with Gasteiger partial charge in [-0.15, -0.1) is 11.8 Å². The molecule has 0 radical (unpaired) electrons. The molecule has 150 valence electrons. The third-order valence-electron chi connectivity index (χ3n) is 4.16. The molecule has 0 saturated heterocycles. The first-order chi connectivity index (χ1) is 13.0. The third kappa shape index (κ3) is 7.04. The first-order valence-corrected chi connectivity index (χ1v) is 10.4. The highest BCUT2D eigenvalue weighted by Crippen LogP contribution is 2.27. The van der Waals surface area contributed by atoms with Crippen molar-refractivity contribution in [3.05, 3.63) is 53.6 Å². The van der Waals surface area contributed by atoms with Crippen molar-refractivity contribution < 1.29 is 9.59 Å². The molecule has 1 atom stereocenters. The average Bonchev–Trinajstić information content (AvgIpc) is 2.58. The molecule has 2 aromatic rings. The number of rotatable bonds is 6. The smallest absolute Gasteiger partial charge is 0.237 e. The Labute approximate surface area is 172 Å². The normalized spacial score (nSPS) is 12.4.